The summed E-state index contributed by atoms with van der Waals surface area (Å²) < 4.78 is 5.00. The molecule has 0 aliphatic carbocycles. The molecule has 0 heterocycles. The van der Waals surface area contributed by atoms with Gasteiger partial charge in [-0.3, -0.25) is 0 Å². The molecular weight excluding hydrogens is 182 g/mol. The Labute approximate surface area is 85.0 Å². The largest absolute Gasteiger partial charge is 0.444 e. The van der Waals surface area contributed by atoms with E-state index in [1.807, 2.05) is 0 Å². The molecule has 4 nitrogen and oxygen atoms in total. The highest BCUT2D eigenvalue weighted by molar-refractivity contribution is 5.67. The van der Waals surface area contributed by atoms with E-state index < -0.39 is 17.8 Å². The van der Waals surface area contributed by atoms with Gasteiger partial charge >= 0.3 is 6.09 Å². The fourth-order valence-electron chi connectivity index (χ4n) is 0.754. The highest BCUT2D eigenvalue weighted by Crippen LogP contribution is 2.06. The zero-order chi connectivity index (χ0) is 11.2. The third-order valence-electron chi connectivity index (χ3n) is 1.38. The fourth-order valence-corrected chi connectivity index (χ4v) is 0.754. The van der Waals surface area contributed by atoms with Gasteiger partial charge in [-0.15, -0.1) is 6.58 Å². The molecule has 0 aliphatic heterocycles. The maximum Gasteiger partial charge on any atom is 0.407 e. The molecule has 1 amide bonds. The van der Waals surface area contributed by atoms with Crippen LogP contribution in [0.1, 0.15) is 27.2 Å². The van der Waals surface area contributed by atoms with Crippen LogP contribution in [0.3, 0.4) is 0 Å². The van der Waals surface area contributed by atoms with Gasteiger partial charge < -0.3 is 15.2 Å². The molecule has 0 aromatic rings. The number of carbonyl (C=O) groups is 1. The maximum absolute atomic E-state index is 11.1. The normalized spacial score (nSPS) is 13.1. The lowest BCUT2D eigenvalue weighted by Crippen LogP contribution is -2.33. The van der Waals surface area contributed by atoms with Crippen molar-refractivity contribution in [3.8, 4) is 0 Å². The second kappa shape index (κ2) is 5.65. The number of rotatable bonds is 4. The molecule has 0 saturated heterocycles. The smallest absolute Gasteiger partial charge is 0.407 e. The molecule has 1 atom stereocenters. The van der Waals surface area contributed by atoms with Crippen LogP contribution in [0.15, 0.2) is 12.7 Å². The van der Waals surface area contributed by atoms with E-state index >= 15 is 0 Å². The van der Waals surface area contributed by atoms with E-state index in [2.05, 4.69) is 11.9 Å². The van der Waals surface area contributed by atoms with Crippen LogP contribution < -0.4 is 5.32 Å². The van der Waals surface area contributed by atoms with Gasteiger partial charge in [0.25, 0.3) is 0 Å². The molecule has 0 aromatic heterocycles. The van der Waals surface area contributed by atoms with E-state index in [4.69, 9.17) is 9.84 Å². The molecule has 0 spiro atoms. The van der Waals surface area contributed by atoms with E-state index in [1.165, 1.54) is 6.08 Å². The van der Waals surface area contributed by atoms with E-state index in [0.717, 1.165) is 0 Å². The molecular formula is C10H19NO3. The third-order valence-corrected chi connectivity index (χ3v) is 1.38. The number of nitrogens with one attached hydrogen (secondary N) is 1. The summed E-state index contributed by atoms with van der Waals surface area (Å²) >= 11 is 0. The average molecular weight is 201 g/mol. The minimum Gasteiger partial charge on any atom is -0.444 e. The van der Waals surface area contributed by atoms with Crippen molar-refractivity contribution < 1.29 is 14.6 Å². The van der Waals surface area contributed by atoms with Crippen molar-refractivity contribution in [2.45, 2.75) is 38.9 Å². The molecule has 1 unspecified atom stereocenters. The number of aliphatic hydroxyl groups is 1. The monoisotopic (exact) mass is 201 g/mol. The number of aliphatic hydroxyl groups excluding tert-OH is 1. The Morgan fingerprint density at radius 1 is 1.64 bits per heavy atom. The standard InChI is InChI=1S/C10H19NO3/c1-5-8(12)6-7-11-9(13)14-10(2,3)4/h5,8,12H,1,6-7H2,2-4H3,(H,11,13). The van der Waals surface area contributed by atoms with Crippen LogP contribution in [0.4, 0.5) is 4.79 Å². The second-order valence-corrected chi connectivity index (χ2v) is 4.02. The van der Waals surface area contributed by atoms with E-state index in [-0.39, 0.29) is 0 Å². The van der Waals surface area contributed by atoms with Crippen LogP contribution in [0.2, 0.25) is 0 Å². The van der Waals surface area contributed by atoms with E-state index in [1.54, 1.807) is 20.8 Å². The van der Waals surface area contributed by atoms with Gasteiger partial charge in [0, 0.05) is 6.54 Å². The summed E-state index contributed by atoms with van der Waals surface area (Å²) in [5.41, 5.74) is -0.485. The molecule has 0 bridgehead atoms. The van der Waals surface area contributed by atoms with Crippen molar-refractivity contribution in [3.05, 3.63) is 12.7 Å². The third kappa shape index (κ3) is 7.61. The SMILES string of the molecule is C=CC(O)CCNC(=O)OC(C)(C)C. The van der Waals surface area contributed by atoms with Crippen LogP contribution in [-0.4, -0.2) is 29.4 Å². The van der Waals surface area contributed by atoms with E-state index in [0.29, 0.717) is 13.0 Å². The van der Waals surface area contributed by atoms with Gasteiger partial charge in [0.15, 0.2) is 0 Å². The summed E-state index contributed by atoms with van der Waals surface area (Å²) in [6, 6.07) is 0. The summed E-state index contributed by atoms with van der Waals surface area (Å²) in [5.74, 6) is 0. The number of hydrogen-bond acceptors (Lipinski definition) is 3. The first-order valence-corrected chi connectivity index (χ1v) is 4.62. The molecule has 0 aliphatic rings. The highest BCUT2D eigenvalue weighted by atomic mass is 16.6. The van der Waals surface area contributed by atoms with E-state index in [9.17, 15) is 4.79 Å². The highest BCUT2D eigenvalue weighted by Gasteiger charge is 2.15. The number of ether oxygens (including phenoxy) is 1. The molecule has 0 radical (unpaired) electrons. The predicted octanol–water partition coefficient (Wildman–Crippen LogP) is 1.45. The summed E-state index contributed by atoms with van der Waals surface area (Å²) in [7, 11) is 0. The molecule has 0 fully saturated rings. The van der Waals surface area contributed by atoms with Gasteiger partial charge in [0.1, 0.15) is 5.60 Å². The topological polar surface area (TPSA) is 58.6 Å². The first-order valence-electron chi connectivity index (χ1n) is 4.62. The fraction of sp³-hybridized carbons (Fsp3) is 0.700. The van der Waals surface area contributed by atoms with Crippen LogP contribution in [0, 0.1) is 0 Å². The van der Waals surface area contributed by atoms with Crippen molar-refractivity contribution in [2.24, 2.45) is 0 Å². The molecule has 14 heavy (non-hydrogen) atoms. The average Bonchev–Trinajstić information content (AvgIpc) is 2.00. The van der Waals surface area contributed by atoms with Gasteiger partial charge in [-0.1, -0.05) is 6.08 Å². The van der Waals surface area contributed by atoms with Crippen molar-refractivity contribution in [1.29, 1.82) is 0 Å². The minimum atomic E-state index is -0.579. The quantitative estimate of drug-likeness (QED) is 0.677. The number of hydrogen-bond donors (Lipinski definition) is 2. The minimum absolute atomic E-state index is 0.377. The number of carbonyl (C=O) groups excluding carboxylic acids is 1. The zero-order valence-electron chi connectivity index (χ0n) is 9.04. The Morgan fingerprint density at radius 3 is 2.64 bits per heavy atom. The van der Waals surface area contributed by atoms with Gasteiger partial charge in [-0.05, 0) is 27.2 Å². The summed E-state index contributed by atoms with van der Waals surface area (Å²) in [6.45, 7) is 9.19. The van der Waals surface area contributed by atoms with Crippen molar-refractivity contribution in [3.63, 3.8) is 0 Å². The van der Waals surface area contributed by atoms with Gasteiger partial charge in [-0.25, -0.2) is 4.79 Å². The summed E-state index contributed by atoms with van der Waals surface area (Å²) in [5, 5.41) is 11.6. The lowest BCUT2D eigenvalue weighted by Gasteiger charge is -2.19. The maximum atomic E-state index is 11.1. The predicted molar refractivity (Wildman–Crippen MR) is 55.1 cm³/mol. The lowest BCUT2D eigenvalue weighted by molar-refractivity contribution is 0.0522. The number of amides is 1. The van der Waals surface area contributed by atoms with Crippen molar-refractivity contribution in [1.82, 2.24) is 5.32 Å². The summed E-state index contributed by atoms with van der Waals surface area (Å²) in [6.07, 6.45) is 0.832. The lowest BCUT2D eigenvalue weighted by atomic mass is 10.2. The Balaban J connectivity index is 3.60. The molecule has 4 heteroatoms. The number of alkyl carbamates (subject to hydrolysis) is 1. The first kappa shape index (κ1) is 13.0. The van der Waals surface area contributed by atoms with Crippen LogP contribution in [0.5, 0.6) is 0 Å². The molecule has 0 rings (SSSR count). The van der Waals surface area contributed by atoms with Crippen LogP contribution >= 0.6 is 0 Å². The Kier molecular flexibility index (Phi) is 5.23. The van der Waals surface area contributed by atoms with Crippen LogP contribution in [-0.2, 0) is 4.74 Å². The zero-order valence-corrected chi connectivity index (χ0v) is 9.04. The molecule has 2 N–H and O–H groups in total. The Hall–Kier alpha value is -1.03. The van der Waals surface area contributed by atoms with Gasteiger partial charge in [0.2, 0.25) is 0 Å². The van der Waals surface area contributed by atoms with Crippen molar-refractivity contribution >= 4 is 6.09 Å². The summed E-state index contributed by atoms with van der Waals surface area (Å²) in [4.78, 5) is 11.1. The Morgan fingerprint density at radius 2 is 2.21 bits per heavy atom. The Bertz CT molecular complexity index is 196. The van der Waals surface area contributed by atoms with Crippen molar-refractivity contribution in [2.75, 3.05) is 6.54 Å². The molecule has 82 valence electrons. The molecule has 0 aromatic carbocycles. The van der Waals surface area contributed by atoms with Gasteiger partial charge in [0.05, 0.1) is 6.10 Å². The second-order valence-electron chi connectivity index (χ2n) is 4.02. The molecule has 0 saturated carbocycles. The van der Waals surface area contributed by atoms with Crippen LogP contribution in [0.25, 0.3) is 0 Å². The van der Waals surface area contributed by atoms with Gasteiger partial charge in [-0.2, -0.15) is 0 Å². The first-order chi connectivity index (χ1) is 6.35.